The van der Waals surface area contributed by atoms with E-state index in [0.717, 1.165) is 70.4 Å². The summed E-state index contributed by atoms with van der Waals surface area (Å²) in [6, 6.07) is 15.1. The Balaban J connectivity index is 1.20. The Morgan fingerprint density at radius 3 is 2.35 bits per heavy atom. The van der Waals surface area contributed by atoms with E-state index in [1.165, 1.54) is 22.4 Å². The third kappa shape index (κ3) is 4.54. The molecule has 0 saturated carbocycles. The van der Waals surface area contributed by atoms with Crippen molar-refractivity contribution in [3.63, 3.8) is 0 Å². The molecule has 6 nitrogen and oxygen atoms in total. The summed E-state index contributed by atoms with van der Waals surface area (Å²) in [5, 5.41) is 0. The van der Waals surface area contributed by atoms with Crippen LogP contribution in [0.4, 0.5) is 11.8 Å². The molecule has 5 rings (SSSR count). The number of piperazine rings is 1. The Kier molecular flexibility index (Phi) is 5.80. The van der Waals surface area contributed by atoms with E-state index in [0.29, 0.717) is 0 Å². The van der Waals surface area contributed by atoms with E-state index in [1.54, 1.807) is 0 Å². The number of fused-ring (bicyclic) bond motifs is 1. The van der Waals surface area contributed by atoms with Gasteiger partial charge in [0.1, 0.15) is 5.82 Å². The molecule has 31 heavy (non-hydrogen) atoms. The van der Waals surface area contributed by atoms with Crippen LogP contribution in [0.2, 0.25) is 0 Å². The van der Waals surface area contributed by atoms with Crippen LogP contribution in [-0.2, 0) is 25.9 Å². The lowest BCUT2D eigenvalue weighted by molar-refractivity contribution is 0.243. The lowest BCUT2D eigenvalue weighted by atomic mass is 10.1. The molecule has 2 aliphatic rings. The first kappa shape index (κ1) is 19.9. The maximum absolute atomic E-state index is 4.95. The summed E-state index contributed by atoms with van der Waals surface area (Å²) < 4.78 is 0. The van der Waals surface area contributed by atoms with Gasteiger partial charge in [-0.3, -0.25) is 4.90 Å². The molecule has 1 fully saturated rings. The quantitative estimate of drug-likeness (QED) is 0.638. The summed E-state index contributed by atoms with van der Waals surface area (Å²) in [5.41, 5.74) is 5.26. The summed E-state index contributed by atoms with van der Waals surface area (Å²) in [6.07, 6.45) is 5.99. The van der Waals surface area contributed by atoms with Gasteiger partial charge in [-0.1, -0.05) is 37.3 Å². The van der Waals surface area contributed by atoms with Crippen LogP contribution in [0.3, 0.4) is 0 Å². The molecule has 0 bridgehead atoms. The average molecular weight is 415 g/mol. The van der Waals surface area contributed by atoms with Crippen molar-refractivity contribution >= 4 is 11.8 Å². The van der Waals surface area contributed by atoms with Crippen molar-refractivity contribution in [2.24, 2.45) is 0 Å². The maximum atomic E-state index is 4.95. The number of nitrogens with zero attached hydrogens (tertiary/aromatic N) is 6. The van der Waals surface area contributed by atoms with Crippen molar-refractivity contribution in [2.45, 2.75) is 32.9 Å². The summed E-state index contributed by atoms with van der Waals surface area (Å²) >= 11 is 0. The monoisotopic (exact) mass is 414 g/mol. The Labute approximate surface area is 184 Å². The summed E-state index contributed by atoms with van der Waals surface area (Å²) in [5.74, 6) is 1.93. The van der Waals surface area contributed by atoms with Gasteiger partial charge in [0.05, 0.1) is 5.69 Å². The molecular formula is C25H30N6. The molecule has 4 heterocycles. The zero-order valence-corrected chi connectivity index (χ0v) is 18.2. The van der Waals surface area contributed by atoms with E-state index in [1.807, 2.05) is 18.3 Å². The second-order valence-corrected chi connectivity index (χ2v) is 8.43. The minimum Gasteiger partial charge on any atom is -0.353 e. The molecule has 0 amide bonds. The minimum absolute atomic E-state index is 0.878. The summed E-state index contributed by atoms with van der Waals surface area (Å²) in [6.45, 7) is 8.91. The van der Waals surface area contributed by atoms with Crippen molar-refractivity contribution < 1.29 is 0 Å². The third-order valence-electron chi connectivity index (χ3n) is 6.37. The van der Waals surface area contributed by atoms with Gasteiger partial charge in [0.15, 0.2) is 0 Å². The van der Waals surface area contributed by atoms with Gasteiger partial charge in [0, 0.05) is 70.2 Å². The van der Waals surface area contributed by atoms with Crippen molar-refractivity contribution in [3.8, 4) is 0 Å². The van der Waals surface area contributed by atoms with Crippen LogP contribution < -0.4 is 9.80 Å². The predicted octanol–water partition coefficient (Wildman–Crippen LogP) is 3.32. The Morgan fingerprint density at radius 2 is 1.61 bits per heavy atom. The van der Waals surface area contributed by atoms with Gasteiger partial charge in [-0.2, -0.15) is 0 Å². The highest BCUT2D eigenvalue weighted by Crippen LogP contribution is 2.22. The van der Waals surface area contributed by atoms with Crippen LogP contribution in [0.15, 0.2) is 54.9 Å². The van der Waals surface area contributed by atoms with E-state index >= 15 is 0 Å². The Morgan fingerprint density at radius 1 is 0.839 bits per heavy atom. The fourth-order valence-corrected chi connectivity index (χ4v) is 4.47. The van der Waals surface area contributed by atoms with E-state index in [-0.39, 0.29) is 0 Å². The molecule has 3 aromatic rings. The van der Waals surface area contributed by atoms with Crippen LogP contribution in [-0.4, -0.2) is 52.6 Å². The molecule has 0 unspecified atom stereocenters. The van der Waals surface area contributed by atoms with Gasteiger partial charge >= 0.3 is 0 Å². The van der Waals surface area contributed by atoms with Crippen LogP contribution >= 0.6 is 0 Å². The largest absolute Gasteiger partial charge is 0.353 e. The van der Waals surface area contributed by atoms with Crippen molar-refractivity contribution in [1.82, 2.24) is 19.9 Å². The Bertz CT molecular complexity index is 996. The second-order valence-electron chi connectivity index (χ2n) is 8.43. The molecule has 160 valence electrons. The fraction of sp³-hybridized carbons (Fsp3) is 0.400. The van der Waals surface area contributed by atoms with Crippen LogP contribution in [0.25, 0.3) is 0 Å². The smallest absolute Gasteiger partial charge is 0.225 e. The highest BCUT2D eigenvalue weighted by Gasteiger charge is 2.23. The lowest BCUT2D eigenvalue weighted by Crippen LogP contribution is -2.47. The standard InChI is InChI=1S/C25H30N6/c1-2-20-6-8-21(9-7-20)18-29-12-10-23-22(19-29)17-27-25(28-23)31-15-13-30(14-16-31)24-5-3-4-11-26-24/h3-9,11,17H,2,10,12-16,18-19H2,1H3. The number of anilines is 2. The number of aryl methyl sites for hydroxylation is 1. The molecule has 2 aromatic heterocycles. The van der Waals surface area contributed by atoms with E-state index in [4.69, 9.17) is 9.97 Å². The first-order valence-electron chi connectivity index (χ1n) is 11.3. The van der Waals surface area contributed by atoms with Crippen molar-refractivity contribution in [2.75, 3.05) is 42.5 Å². The molecule has 1 aromatic carbocycles. The molecule has 6 heteroatoms. The molecule has 1 saturated heterocycles. The van der Waals surface area contributed by atoms with Crippen LogP contribution in [0.1, 0.15) is 29.3 Å². The zero-order valence-electron chi connectivity index (χ0n) is 18.2. The summed E-state index contributed by atoms with van der Waals surface area (Å²) in [7, 11) is 0. The van der Waals surface area contributed by atoms with Crippen molar-refractivity contribution in [1.29, 1.82) is 0 Å². The zero-order chi connectivity index (χ0) is 21.0. The van der Waals surface area contributed by atoms with Gasteiger partial charge < -0.3 is 9.80 Å². The highest BCUT2D eigenvalue weighted by molar-refractivity contribution is 5.42. The fourth-order valence-electron chi connectivity index (χ4n) is 4.47. The van der Waals surface area contributed by atoms with E-state index in [2.05, 4.69) is 63.1 Å². The normalized spacial score (nSPS) is 16.9. The molecule has 0 spiro atoms. The minimum atomic E-state index is 0.878. The van der Waals surface area contributed by atoms with E-state index < -0.39 is 0 Å². The van der Waals surface area contributed by atoms with Crippen LogP contribution in [0.5, 0.6) is 0 Å². The number of pyridine rings is 1. The van der Waals surface area contributed by atoms with E-state index in [9.17, 15) is 0 Å². The van der Waals surface area contributed by atoms with Gasteiger partial charge in [-0.15, -0.1) is 0 Å². The average Bonchev–Trinajstić information content (AvgIpc) is 2.85. The first-order chi connectivity index (χ1) is 15.3. The number of benzene rings is 1. The van der Waals surface area contributed by atoms with Gasteiger partial charge in [-0.25, -0.2) is 15.0 Å². The van der Waals surface area contributed by atoms with Crippen molar-refractivity contribution in [3.05, 3.63) is 77.2 Å². The second kappa shape index (κ2) is 9.02. The first-order valence-corrected chi connectivity index (χ1v) is 11.3. The maximum Gasteiger partial charge on any atom is 0.225 e. The third-order valence-corrected chi connectivity index (χ3v) is 6.37. The molecule has 0 radical (unpaired) electrons. The number of aromatic nitrogens is 3. The molecule has 0 aliphatic carbocycles. The van der Waals surface area contributed by atoms with Gasteiger partial charge in [0.25, 0.3) is 0 Å². The highest BCUT2D eigenvalue weighted by atomic mass is 15.3. The number of rotatable bonds is 5. The summed E-state index contributed by atoms with van der Waals surface area (Å²) in [4.78, 5) is 21.3. The molecule has 0 atom stereocenters. The SMILES string of the molecule is CCc1ccc(CN2CCc3nc(N4CCN(c5ccccn5)CC4)ncc3C2)cc1. The van der Waals surface area contributed by atoms with Gasteiger partial charge in [-0.05, 0) is 29.7 Å². The molecule has 2 aliphatic heterocycles. The Hall–Kier alpha value is -2.99. The topological polar surface area (TPSA) is 48.4 Å². The predicted molar refractivity (Wildman–Crippen MR) is 124 cm³/mol. The number of hydrogen-bond donors (Lipinski definition) is 0. The molecule has 0 N–H and O–H groups in total. The van der Waals surface area contributed by atoms with Gasteiger partial charge in [0.2, 0.25) is 5.95 Å². The lowest BCUT2D eigenvalue weighted by Gasteiger charge is -2.36. The van der Waals surface area contributed by atoms with Crippen LogP contribution in [0, 0.1) is 0 Å². The molecular weight excluding hydrogens is 384 g/mol. The number of hydrogen-bond acceptors (Lipinski definition) is 6.